The number of benzene rings is 2. The van der Waals surface area contributed by atoms with Crippen LogP contribution in [0.1, 0.15) is 0 Å². The third kappa shape index (κ3) is 5.51. The van der Waals surface area contributed by atoms with E-state index in [0.717, 1.165) is 0 Å². The Morgan fingerprint density at radius 2 is 1.81 bits per heavy atom. The highest BCUT2D eigenvalue weighted by molar-refractivity contribution is 7.99. The maximum atomic E-state index is 12.2. The Labute approximate surface area is 161 Å². The average molecular weight is 417 g/mol. The summed E-state index contributed by atoms with van der Waals surface area (Å²) < 4.78 is 47.5. The van der Waals surface area contributed by atoms with E-state index in [0.29, 0.717) is 34.0 Å². The number of alkyl halides is 3. The molecule has 0 fully saturated rings. The zero-order valence-corrected chi connectivity index (χ0v) is 15.1. The molecular weight excluding hydrogens is 405 g/mol. The van der Waals surface area contributed by atoms with Gasteiger partial charge in [-0.1, -0.05) is 35.5 Å². The van der Waals surface area contributed by atoms with Crippen molar-refractivity contribution < 1.29 is 22.6 Å². The molecule has 142 valence electrons. The summed E-state index contributed by atoms with van der Waals surface area (Å²) >= 11 is 7.35. The molecule has 6 nitrogen and oxygen atoms in total. The van der Waals surface area contributed by atoms with Crippen molar-refractivity contribution in [3.8, 4) is 17.2 Å². The number of ether oxygens (including phenoxy) is 2. The summed E-state index contributed by atoms with van der Waals surface area (Å²) in [4.78, 5) is 0. The number of para-hydroxylation sites is 1. The van der Waals surface area contributed by atoms with Gasteiger partial charge in [-0.2, -0.15) is 4.68 Å². The molecule has 11 heteroatoms. The largest absolute Gasteiger partial charge is 0.573 e. The van der Waals surface area contributed by atoms with Gasteiger partial charge in [0.05, 0.1) is 17.3 Å². The molecule has 27 heavy (non-hydrogen) atoms. The lowest BCUT2D eigenvalue weighted by Gasteiger charge is -2.10. The van der Waals surface area contributed by atoms with Crippen LogP contribution in [0.15, 0.2) is 53.7 Å². The van der Waals surface area contributed by atoms with Gasteiger partial charge in [0.2, 0.25) is 5.16 Å². The lowest BCUT2D eigenvalue weighted by molar-refractivity contribution is -0.274. The van der Waals surface area contributed by atoms with Crippen LogP contribution >= 0.6 is 23.4 Å². The molecule has 1 heterocycles. The van der Waals surface area contributed by atoms with E-state index < -0.39 is 6.36 Å². The van der Waals surface area contributed by atoms with E-state index in [4.69, 9.17) is 16.3 Å². The van der Waals surface area contributed by atoms with E-state index in [1.165, 1.54) is 40.7 Å². The van der Waals surface area contributed by atoms with Crippen LogP contribution in [0.25, 0.3) is 5.69 Å². The number of thioether (sulfide) groups is 1. The zero-order valence-electron chi connectivity index (χ0n) is 13.6. The third-order valence-electron chi connectivity index (χ3n) is 3.16. The Hall–Kier alpha value is -2.46. The first kappa shape index (κ1) is 19.3. The Bertz CT molecular complexity index is 890. The fourth-order valence-corrected chi connectivity index (χ4v) is 2.96. The molecule has 0 aliphatic carbocycles. The molecule has 0 atom stereocenters. The van der Waals surface area contributed by atoms with Crippen LogP contribution in [0.2, 0.25) is 5.02 Å². The smallest absolute Gasteiger partial charge is 0.491 e. The van der Waals surface area contributed by atoms with Gasteiger partial charge in [-0.25, -0.2) is 0 Å². The molecule has 0 aliphatic heterocycles. The van der Waals surface area contributed by atoms with Crippen LogP contribution in [-0.2, 0) is 0 Å². The molecule has 0 unspecified atom stereocenters. The van der Waals surface area contributed by atoms with Crippen LogP contribution in [0, 0.1) is 0 Å². The normalized spacial score (nSPS) is 11.4. The van der Waals surface area contributed by atoms with Crippen molar-refractivity contribution in [3.05, 3.63) is 53.6 Å². The Kier molecular flexibility index (Phi) is 6.07. The van der Waals surface area contributed by atoms with Crippen molar-refractivity contribution in [1.82, 2.24) is 20.2 Å². The predicted octanol–water partition coefficient (Wildman–Crippen LogP) is 4.39. The maximum absolute atomic E-state index is 12.2. The second-order valence-corrected chi connectivity index (χ2v) is 6.51. The number of hydrogen-bond donors (Lipinski definition) is 0. The highest BCUT2D eigenvalue weighted by Gasteiger charge is 2.31. The predicted molar refractivity (Wildman–Crippen MR) is 93.5 cm³/mol. The molecular formula is C16H12ClF3N4O2S. The van der Waals surface area contributed by atoms with Crippen molar-refractivity contribution in [2.45, 2.75) is 11.5 Å². The third-order valence-corrected chi connectivity index (χ3v) is 4.36. The molecule has 0 N–H and O–H groups in total. The summed E-state index contributed by atoms with van der Waals surface area (Å²) in [5.41, 5.74) is 0.504. The maximum Gasteiger partial charge on any atom is 0.573 e. The summed E-state index contributed by atoms with van der Waals surface area (Å²) in [7, 11) is 0. The van der Waals surface area contributed by atoms with Gasteiger partial charge in [0.1, 0.15) is 11.5 Å². The first-order chi connectivity index (χ1) is 12.9. The summed E-state index contributed by atoms with van der Waals surface area (Å²) in [6.07, 6.45) is -4.74. The lowest BCUT2D eigenvalue weighted by atomic mass is 10.3. The fourth-order valence-electron chi connectivity index (χ4n) is 2.07. The average Bonchev–Trinajstić information content (AvgIpc) is 3.08. The molecule has 3 aromatic rings. The Morgan fingerprint density at radius 1 is 1.07 bits per heavy atom. The molecule has 3 rings (SSSR count). The van der Waals surface area contributed by atoms with Gasteiger partial charge in [0.15, 0.2) is 0 Å². The summed E-state index contributed by atoms with van der Waals surface area (Å²) in [5.74, 6) is 0.808. The first-order valence-corrected chi connectivity index (χ1v) is 8.93. The van der Waals surface area contributed by atoms with E-state index in [9.17, 15) is 13.2 Å². The fraction of sp³-hybridized carbons (Fsp3) is 0.188. The second-order valence-electron chi connectivity index (χ2n) is 5.04. The molecule has 2 aromatic carbocycles. The number of rotatable bonds is 7. The number of aromatic nitrogens is 4. The number of hydrogen-bond acceptors (Lipinski definition) is 6. The monoisotopic (exact) mass is 416 g/mol. The Balaban J connectivity index is 1.58. The van der Waals surface area contributed by atoms with Crippen LogP contribution < -0.4 is 9.47 Å². The standard InChI is InChI=1S/C16H12ClF3N4O2S/c17-13-3-1-2-4-14(13)25-9-10-27-15-21-22-23-24(15)11-5-7-12(8-6-11)26-16(18,19)20/h1-8H,9-10H2. The van der Waals surface area contributed by atoms with Crippen molar-refractivity contribution in [1.29, 1.82) is 0 Å². The minimum atomic E-state index is -4.74. The van der Waals surface area contributed by atoms with Gasteiger partial charge in [-0.3, -0.25) is 0 Å². The van der Waals surface area contributed by atoms with E-state index in [2.05, 4.69) is 20.3 Å². The lowest BCUT2D eigenvalue weighted by Crippen LogP contribution is -2.17. The van der Waals surface area contributed by atoms with E-state index >= 15 is 0 Å². The van der Waals surface area contributed by atoms with Gasteiger partial charge < -0.3 is 9.47 Å². The molecule has 0 aliphatic rings. The Morgan fingerprint density at radius 3 is 2.52 bits per heavy atom. The minimum absolute atomic E-state index is 0.318. The number of tetrazole rings is 1. The molecule has 0 amide bonds. The summed E-state index contributed by atoms with van der Waals surface area (Å²) in [5, 5.41) is 12.4. The van der Waals surface area contributed by atoms with Crippen LogP contribution in [0.3, 0.4) is 0 Å². The second kappa shape index (κ2) is 8.49. The number of halogens is 4. The summed E-state index contributed by atoms with van der Waals surface area (Å²) in [6.45, 7) is 0.375. The van der Waals surface area contributed by atoms with Crippen molar-refractivity contribution in [2.75, 3.05) is 12.4 Å². The SMILES string of the molecule is FC(F)(F)Oc1ccc(-n2nnnc2SCCOc2ccccc2Cl)cc1. The number of nitrogens with zero attached hydrogens (tertiary/aromatic N) is 4. The van der Waals surface area contributed by atoms with Gasteiger partial charge in [0.25, 0.3) is 0 Å². The van der Waals surface area contributed by atoms with Crippen molar-refractivity contribution >= 4 is 23.4 Å². The van der Waals surface area contributed by atoms with Gasteiger partial charge in [0, 0.05) is 5.75 Å². The highest BCUT2D eigenvalue weighted by atomic mass is 35.5. The van der Waals surface area contributed by atoms with Crippen molar-refractivity contribution in [2.24, 2.45) is 0 Å². The van der Waals surface area contributed by atoms with Gasteiger partial charge in [-0.05, 0) is 46.8 Å². The molecule has 0 saturated carbocycles. The van der Waals surface area contributed by atoms with E-state index in [-0.39, 0.29) is 5.75 Å². The van der Waals surface area contributed by atoms with Crippen molar-refractivity contribution in [3.63, 3.8) is 0 Å². The van der Waals surface area contributed by atoms with Crippen LogP contribution in [-0.4, -0.2) is 38.9 Å². The van der Waals surface area contributed by atoms with Crippen LogP contribution in [0.5, 0.6) is 11.5 Å². The van der Waals surface area contributed by atoms with Crippen LogP contribution in [0.4, 0.5) is 13.2 Å². The molecule has 0 saturated heterocycles. The minimum Gasteiger partial charge on any atom is -0.491 e. The molecule has 0 spiro atoms. The highest BCUT2D eigenvalue weighted by Crippen LogP contribution is 2.26. The molecule has 1 aromatic heterocycles. The quantitative estimate of drug-likeness (QED) is 0.420. The van der Waals surface area contributed by atoms with Gasteiger partial charge in [-0.15, -0.1) is 18.3 Å². The summed E-state index contributed by atoms with van der Waals surface area (Å²) in [6, 6.07) is 12.4. The molecule has 0 radical (unpaired) electrons. The molecule has 0 bridgehead atoms. The topological polar surface area (TPSA) is 62.1 Å². The first-order valence-electron chi connectivity index (χ1n) is 7.57. The van der Waals surface area contributed by atoms with E-state index in [1.807, 2.05) is 12.1 Å². The zero-order chi connectivity index (χ0) is 19.3. The van der Waals surface area contributed by atoms with E-state index in [1.54, 1.807) is 12.1 Å². The van der Waals surface area contributed by atoms with Gasteiger partial charge >= 0.3 is 6.36 Å².